The molecule has 124 valence electrons. The van der Waals surface area contributed by atoms with Crippen LogP contribution in [0.4, 0.5) is 0 Å². The van der Waals surface area contributed by atoms with Gasteiger partial charge >= 0.3 is 0 Å². The minimum atomic E-state index is -3.53. The third-order valence-electron chi connectivity index (χ3n) is 3.49. The fraction of sp³-hybridized carbons (Fsp3) is 0.462. The van der Waals surface area contributed by atoms with Crippen molar-refractivity contribution >= 4 is 10.0 Å². The summed E-state index contributed by atoms with van der Waals surface area (Å²) in [6, 6.07) is 6.10. The molecular formula is C13H17N5O4S. The zero-order chi connectivity index (χ0) is 16.3. The van der Waals surface area contributed by atoms with Gasteiger partial charge in [0.25, 0.3) is 0 Å². The van der Waals surface area contributed by atoms with Crippen LogP contribution in [0.1, 0.15) is 12.7 Å². The van der Waals surface area contributed by atoms with Gasteiger partial charge in [0, 0.05) is 12.6 Å². The lowest BCUT2D eigenvalue weighted by Gasteiger charge is -2.32. The van der Waals surface area contributed by atoms with Crippen molar-refractivity contribution in [3.05, 3.63) is 30.1 Å². The number of H-pyrrole nitrogens is 1. The van der Waals surface area contributed by atoms with Crippen molar-refractivity contribution in [3.8, 4) is 5.75 Å². The Morgan fingerprint density at radius 2 is 2.17 bits per heavy atom. The van der Waals surface area contributed by atoms with Crippen LogP contribution in [0.3, 0.4) is 0 Å². The van der Waals surface area contributed by atoms with Gasteiger partial charge < -0.3 is 9.47 Å². The minimum Gasteiger partial charge on any atom is -0.485 e. The van der Waals surface area contributed by atoms with Crippen LogP contribution in [0, 0.1) is 0 Å². The molecule has 10 heteroatoms. The number of hydrogen-bond donors (Lipinski definition) is 1. The van der Waals surface area contributed by atoms with E-state index >= 15 is 0 Å². The van der Waals surface area contributed by atoms with Crippen molar-refractivity contribution in [2.75, 3.05) is 19.8 Å². The lowest BCUT2D eigenvalue weighted by Crippen LogP contribution is -2.46. The van der Waals surface area contributed by atoms with Crippen LogP contribution < -0.4 is 4.74 Å². The van der Waals surface area contributed by atoms with Gasteiger partial charge in [0.05, 0.1) is 18.1 Å². The largest absolute Gasteiger partial charge is 0.485 e. The molecule has 2 aromatic rings. The molecule has 0 unspecified atom stereocenters. The first-order chi connectivity index (χ1) is 11.1. The van der Waals surface area contributed by atoms with E-state index in [0.29, 0.717) is 31.3 Å². The second-order valence-electron chi connectivity index (χ2n) is 5.13. The molecule has 0 spiro atoms. The summed E-state index contributed by atoms with van der Waals surface area (Å²) in [7, 11) is -3.53. The second kappa shape index (κ2) is 6.60. The fourth-order valence-electron chi connectivity index (χ4n) is 2.30. The first-order valence-corrected chi connectivity index (χ1v) is 8.56. The summed E-state index contributed by atoms with van der Waals surface area (Å²) < 4.78 is 37.5. The third kappa shape index (κ3) is 3.49. The van der Waals surface area contributed by atoms with Crippen LogP contribution in [0.25, 0.3) is 0 Å². The standard InChI is InChI=1S/C13H17N5O4S/c1-10-8-21-7-6-18(10)23(19,20)12-4-2-11(3-5-12)22-9-13-14-16-17-15-13/h2-5,10H,6-9H2,1H3,(H,14,15,16,17)/t10-/m1/s1. The third-order valence-corrected chi connectivity index (χ3v) is 5.52. The van der Waals surface area contributed by atoms with Gasteiger partial charge in [-0.25, -0.2) is 8.42 Å². The summed E-state index contributed by atoms with van der Waals surface area (Å²) in [4.78, 5) is 0.234. The number of morpholine rings is 1. The van der Waals surface area contributed by atoms with E-state index < -0.39 is 10.0 Å². The first kappa shape index (κ1) is 15.8. The number of benzene rings is 1. The normalized spacial score (nSPS) is 19.6. The number of rotatable bonds is 5. The summed E-state index contributed by atoms with van der Waals surface area (Å²) in [5, 5.41) is 13.3. The van der Waals surface area contributed by atoms with E-state index in [1.54, 1.807) is 12.1 Å². The van der Waals surface area contributed by atoms with E-state index in [1.807, 2.05) is 6.92 Å². The number of aromatic amines is 1. The van der Waals surface area contributed by atoms with E-state index in [-0.39, 0.29) is 17.5 Å². The van der Waals surface area contributed by atoms with Crippen LogP contribution in [-0.4, -0.2) is 59.1 Å². The molecule has 23 heavy (non-hydrogen) atoms. The molecule has 2 heterocycles. The van der Waals surface area contributed by atoms with Crippen LogP contribution in [0.2, 0.25) is 0 Å². The molecule has 0 aliphatic carbocycles. The molecule has 0 amide bonds. The van der Waals surface area contributed by atoms with Gasteiger partial charge in [0.2, 0.25) is 15.8 Å². The number of hydrogen-bond acceptors (Lipinski definition) is 7. The molecule has 0 radical (unpaired) electrons. The van der Waals surface area contributed by atoms with Crippen LogP contribution in [0.5, 0.6) is 5.75 Å². The van der Waals surface area contributed by atoms with E-state index in [0.717, 1.165) is 0 Å². The monoisotopic (exact) mass is 339 g/mol. The van der Waals surface area contributed by atoms with Gasteiger partial charge in [-0.15, -0.1) is 10.2 Å². The molecule has 1 aliphatic rings. The summed E-state index contributed by atoms with van der Waals surface area (Å²) in [6.45, 7) is 3.17. The Labute approximate surface area is 133 Å². The Hall–Kier alpha value is -2.04. The average Bonchev–Trinajstić information content (AvgIpc) is 3.07. The molecule has 0 bridgehead atoms. The maximum atomic E-state index is 12.7. The van der Waals surface area contributed by atoms with Crippen molar-refractivity contribution in [2.45, 2.75) is 24.5 Å². The minimum absolute atomic E-state index is 0.156. The predicted molar refractivity (Wildman–Crippen MR) is 79.1 cm³/mol. The van der Waals surface area contributed by atoms with Crippen LogP contribution in [0.15, 0.2) is 29.2 Å². The summed E-state index contributed by atoms with van der Waals surface area (Å²) in [6.07, 6.45) is 0. The molecule has 1 atom stereocenters. The van der Waals surface area contributed by atoms with Gasteiger partial charge in [-0.3, -0.25) is 0 Å². The number of nitrogens with zero attached hydrogens (tertiary/aromatic N) is 4. The Morgan fingerprint density at radius 1 is 1.39 bits per heavy atom. The van der Waals surface area contributed by atoms with Crippen LogP contribution in [-0.2, 0) is 21.4 Å². The van der Waals surface area contributed by atoms with Gasteiger partial charge in [-0.05, 0) is 31.2 Å². The Bertz CT molecular complexity index is 732. The highest BCUT2D eigenvalue weighted by molar-refractivity contribution is 7.89. The van der Waals surface area contributed by atoms with Crippen molar-refractivity contribution in [1.29, 1.82) is 0 Å². The highest BCUT2D eigenvalue weighted by Gasteiger charge is 2.31. The number of tetrazole rings is 1. The molecule has 1 saturated heterocycles. The van der Waals surface area contributed by atoms with Crippen molar-refractivity contribution in [1.82, 2.24) is 24.9 Å². The Morgan fingerprint density at radius 3 is 2.83 bits per heavy atom. The van der Waals surface area contributed by atoms with Crippen LogP contribution >= 0.6 is 0 Å². The molecule has 3 rings (SSSR count). The van der Waals surface area contributed by atoms with Gasteiger partial charge in [-0.2, -0.15) is 9.52 Å². The van der Waals surface area contributed by atoms with Crippen molar-refractivity contribution < 1.29 is 17.9 Å². The topological polar surface area (TPSA) is 110 Å². The first-order valence-electron chi connectivity index (χ1n) is 7.12. The SMILES string of the molecule is C[C@@H]1COCCN1S(=O)(=O)c1ccc(OCc2nn[nH]n2)cc1. The second-order valence-corrected chi connectivity index (χ2v) is 7.02. The smallest absolute Gasteiger partial charge is 0.243 e. The molecule has 1 aromatic heterocycles. The molecule has 9 nitrogen and oxygen atoms in total. The van der Waals surface area contributed by atoms with Crippen molar-refractivity contribution in [2.24, 2.45) is 0 Å². The van der Waals surface area contributed by atoms with E-state index in [4.69, 9.17) is 9.47 Å². The summed E-state index contributed by atoms with van der Waals surface area (Å²) in [5.41, 5.74) is 0. The zero-order valence-corrected chi connectivity index (χ0v) is 13.4. The van der Waals surface area contributed by atoms with Gasteiger partial charge in [0.1, 0.15) is 5.75 Å². The maximum Gasteiger partial charge on any atom is 0.243 e. The lowest BCUT2D eigenvalue weighted by molar-refractivity contribution is 0.0393. The van der Waals surface area contributed by atoms with E-state index in [9.17, 15) is 8.42 Å². The summed E-state index contributed by atoms with van der Waals surface area (Å²) in [5.74, 6) is 0.951. The molecule has 1 N–H and O–H groups in total. The Kier molecular flexibility index (Phi) is 4.55. The highest BCUT2D eigenvalue weighted by Crippen LogP contribution is 2.23. The quantitative estimate of drug-likeness (QED) is 0.827. The van der Waals surface area contributed by atoms with E-state index in [2.05, 4.69) is 20.6 Å². The average molecular weight is 339 g/mol. The fourth-order valence-corrected chi connectivity index (χ4v) is 3.90. The highest BCUT2D eigenvalue weighted by atomic mass is 32.2. The number of aromatic nitrogens is 4. The van der Waals surface area contributed by atoms with E-state index in [1.165, 1.54) is 16.4 Å². The molecular weight excluding hydrogens is 322 g/mol. The summed E-state index contributed by atoms with van der Waals surface area (Å²) >= 11 is 0. The molecule has 1 aromatic carbocycles. The predicted octanol–water partition coefficient (Wildman–Crippen LogP) is 0.188. The number of nitrogens with one attached hydrogen (secondary N) is 1. The number of ether oxygens (including phenoxy) is 2. The zero-order valence-electron chi connectivity index (χ0n) is 12.5. The van der Waals surface area contributed by atoms with Gasteiger partial charge in [-0.1, -0.05) is 5.21 Å². The Balaban J connectivity index is 1.70. The maximum absolute atomic E-state index is 12.7. The molecule has 1 fully saturated rings. The molecule has 0 saturated carbocycles. The number of sulfonamides is 1. The molecule has 1 aliphatic heterocycles. The van der Waals surface area contributed by atoms with Crippen molar-refractivity contribution in [3.63, 3.8) is 0 Å². The van der Waals surface area contributed by atoms with Gasteiger partial charge in [0.15, 0.2) is 6.61 Å². The lowest BCUT2D eigenvalue weighted by atomic mass is 10.3.